The minimum atomic E-state index is -0.00789. The van der Waals surface area contributed by atoms with Crippen LogP contribution in [0.5, 0.6) is 0 Å². The molecule has 0 amide bonds. The molecule has 1 N–H and O–H groups in total. The summed E-state index contributed by atoms with van der Waals surface area (Å²) < 4.78 is -0.00789. The largest absolute Gasteiger partial charge is 0.266 e. The highest BCUT2D eigenvalue weighted by atomic mass is 79.9. The number of hydrogen-bond donors (Lipinski definition) is 1. The smallest absolute Gasteiger partial charge is 0.241 e. The van der Waals surface area contributed by atoms with Crippen LogP contribution in [-0.2, 0) is 0 Å². The quantitative estimate of drug-likeness (QED) is 0.709. The first-order chi connectivity index (χ1) is 5.11. The summed E-state index contributed by atoms with van der Waals surface area (Å²) >= 11 is 9.95. The van der Waals surface area contributed by atoms with Crippen LogP contribution >= 0.6 is 47.8 Å². The highest BCUT2D eigenvalue weighted by molar-refractivity contribution is 9.25. The molecule has 11 heavy (non-hydrogen) atoms. The van der Waals surface area contributed by atoms with Gasteiger partial charge in [-0.15, -0.1) is 0 Å². The summed E-state index contributed by atoms with van der Waals surface area (Å²) in [5.74, 6) is 0.0413. The molecule has 1 unspecified atom stereocenters. The van der Waals surface area contributed by atoms with Gasteiger partial charge in [0.05, 0.1) is 10.5 Å². The topological polar surface area (TPSA) is 48.6 Å². The number of nitrogens with one attached hydrogen (secondary N) is 1. The van der Waals surface area contributed by atoms with Gasteiger partial charge in [0.15, 0.2) is 0 Å². The van der Waals surface area contributed by atoms with Gasteiger partial charge in [-0.05, 0) is 0 Å². The van der Waals surface area contributed by atoms with Crippen LogP contribution < -0.4 is 0 Å². The van der Waals surface area contributed by atoms with Crippen molar-refractivity contribution in [2.45, 2.75) is 8.56 Å². The van der Waals surface area contributed by atoms with E-state index in [0.717, 1.165) is 5.71 Å². The lowest BCUT2D eigenvalue weighted by atomic mass is 10.3. The Morgan fingerprint density at radius 1 is 1.55 bits per heavy atom. The number of alkyl halides is 3. The Labute approximate surface area is 89.3 Å². The molecular weight excluding hydrogens is 342 g/mol. The molecule has 0 aromatic heterocycles. The number of nitrogens with zero attached hydrogens (tertiary/aromatic N) is 2. The summed E-state index contributed by atoms with van der Waals surface area (Å²) in [7, 11) is 0. The molecule has 0 aliphatic carbocycles. The highest BCUT2D eigenvalue weighted by Gasteiger charge is 2.20. The average molecular weight is 346 g/mol. The molecule has 0 aromatic rings. The first-order valence-corrected chi connectivity index (χ1v) is 5.49. The minimum absolute atomic E-state index is 0.00789. The van der Waals surface area contributed by atoms with Crippen LogP contribution in [0.4, 0.5) is 0 Å². The Bertz CT molecular complexity index is 233. The molecule has 1 heterocycles. The van der Waals surface area contributed by atoms with E-state index in [1.165, 1.54) is 0 Å². The van der Waals surface area contributed by atoms with Crippen LogP contribution in [0.15, 0.2) is 9.98 Å². The van der Waals surface area contributed by atoms with Crippen molar-refractivity contribution in [3.8, 4) is 0 Å². The molecule has 0 bridgehead atoms. The van der Waals surface area contributed by atoms with E-state index in [0.29, 0.717) is 0 Å². The zero-order valence-electron chi connectivity index (χ0n) is 5.26. The Balaban J connectivity index is 2.85. The van der Waals surface area contributed by atoms with Gasteiger partial charge in [-0.1, -0.05) is 47.8 Å². The van der Waals surface area contributed by atoms with Gasteiger partial charge in [0.2, 0.25) is 5.96 Å². The van der Waals surface area contributed by atoms with E-state index < -0.39 is 0 Å². The Morgan fingerprint density at radius 2 is 2.18 bits per heavy atom. The van der Waals surface area contributed by atoms with Gasteiger partial charge in [0.1, 0.15) is 3.74 Å². The second kappa shape index (κ2) is 3.91. The summed E-state index contributed by atoms with van der Waals surface area (Å²) in [5.41, 5.74) is 0.810. The van der Waals surface area contributed by atoms with Gasteiger partial charge in [0.25, 0.3) is 0 Å². The lowest BCUT2D eigenvalue weighted by molar-refractivity contribution is 1.33. The molecular formula is C5H4Br3N3. The molecule has 60 valence electrons. The SMILES string of the molecule is N=C1N=CC(Br)C(C(Br)Br)=N1. The van der Waals surface area contributed by atoms with E-state index >= 15 is 0 Å². The van der Waals surface area contributed by atoms with Crippen LogP contribution in [0, 0.1) is 5.41 Å². The van der Waals surface area contributed by atoms with E-state index in [2.05, 4.69) is 57.8 Å². The Morgan fingerprint density at radius 3 is 2.64 bits per heavy atom. The molecule has 1 atom stereocenters. The minimum Gasteiger partial charge on any atom is -0.266 e. The highest BCUT2D eigenvalue weighted by Crippen LogP contribution is 2.18. The van der Waals surface area contributed by atoms with Gasteiger partial charge >= 0.3 is 0 Å². The second-order valence-electron chi connectivity index (χ2n) is 1.84. The van der Waals surface area contributed by atoms with Crippen LogP contribution in [0.3, 0.4) is 0 Å². The number of guanidine groups is 1. The van der Waals surface area contributed by atoms with E-state index in [1.807, 2.05) is 0 Å². The van der Waals surface area contributed by atoms with Gasteiger partial charge in [-0.25, -0.2) is 9.98 Å². The fraction of sp³-hybridized carbons (Fsp3) is 0.400. The van der Waals surface area contributed by atoms with Crippen molar-refractivity contribution in [3.63, 3.8) is 0 Å². The summed E-state index contributed by atoms with van der Waals surface area (Å²) in [4.78, 5) is 7.66. The summed E-state index contributed by atoms with van der Waals surface area (Å²) in [5, 5.41) is 7.15. The van der Waals surface area contributed by atoms with Gasteiger partial charge in [0, 0.05) is 6.21 Å². The number of halogens is 3. The fourth-order valence-corrected chi connectivity index (χ4v) is 2.56. The lowest BCUT2D eigenvalue weighted by Gasteiger charge is -2.12. The summed E-state index contributed by atoms with van der Waals surface area (Å²) in [6, 6.07) is 0. The van der Waals surface area contributed by atoms with Gasteiger partial charge in [-0.3, -0.25) is 5.41 Å². The molecule has 0 fully saturated rings. The first kappa shape index (κ1) is 9.54. The fourth-order valence-electron chi connectivity index (χ4n) is 0.594. The molecule has 0 spiro atoms. The maximum atomic E-state index is 7.15. The standard InChI is InChI=1S/C5H4Br3N3/c6-2-1-10-5(9)11-3(2)4(7)8/h1-2,4,9H. The van der Waals surface area contributed by atoms with Crippen LogP contribution in [-0.4, -0.2) is 26.4 Å². The molecule has 1 aliphatic rings. The van der Waals surface area contributed by atoms with Crippen molar-refractivity contribution in [1.82, 2.24) is 0 Å². The zero-order chi connectivity index (χ0) is 8.43. The molecule has 3 nitrogen and oxygen atoms in total. The molecule has 0 radical (unpaired) electrons. The monoisotopic (exact) mass is 343 g/mol. The first-order valence-electron chi connectivity index (χ1n) is 2.74. The van der Waals surface area contributed by atoms with Gasteiger partial charge in [-0.2, -0.15) is 0 Å². The van der Waals surface area contributed by atoms with Crippen LogP contribution in [0.25, 0.3) is 0 Å². The van der Waals surface area contributed by atoms with E-state index in [-0.39, 0.29) is 14.5 Å². The molecule has 6 heteroatoms. The molecule has 1 rings (SSSR count). The van der Waals surface area contributed by atoms with Crippen molar-refractivity contribution in [2.24, 2.45) is 9.98 Å². The normalized spacial score (nSPS) is 24.2. The zero-order valence-corrected chi connectivity index (χ0v) is 10.0. The van der Waals surface area contributed by atoms with Gasteiger partial charge < -0.3 is 0 Å². The van der Waals surface area contributed by atoms with Crippen LogP contribution in [0.2, 0.25) is 0 Å². The Hall–Kier alpha value is 0.450. The second-order valence-corrected chi connectivity index (χ2v) is 5.89. The maximum absolute atomic E-state index is 7.15. The third-order valence-electron chi connectivity index (χ3n) is 1.07. The number of aliphatic imine (C=N–C) groups is 2. The number of rotatable bonds is 1. The predicted octanol–water partition coefficient (Wildman–Crippen LogP) is 2.33. The van der Waals surface area contributed by atoms with Crippen molar-refractivity contribution in [1.29, 1.82) is 5.41 Å². The predicted molar refractivity (Wildman–Crippen MR) is 58.0 cm³/mol. The van der Waals surface area contributed by atoms with E-state index in [9.17, 15) is 0 Å². The summed E-state index contributed by atoms with van der Waals surface area (Å²) in [6.45, 7) is 0. The molecule has 0 saturated carbocycles. The summed E-state index contributed by atoms with van der Waals surface area (Å²) in [6.07, 6.45) is 1.64. The van der Waals surface area contributed by atoms with E-state index in [1.54, 1.807) is 6.21 Å². The van der Waals surface area contributed by atoms with E-state index in [4.69, 9.17) is 5.41 Å². The molecule has 0 aromatic carbocycles. The molecule has 1 aliphatic heterocycles. The third kappa shape index (κ3) is 2.45. The maximum Gasteiger partial charge on any atom is 0.241 e. The molecule has 0 saturated heterocycles. The van der Waals surface area contributed by atoms with Crippen LogP contribution in [0.1, 0.15) is 0 Å². The van der Waals surface area contributed by atoms with Crippen molar-refractivity contribution < 1.29 is 0 Å². The average Bonchev–Trinajstić information content (AvgIpc) is 1.94. The number of hydrogen-bond acceptors (Lipinski definition) is 1. The van der Waals surface area contributed by atoms with Crippen molar-refractivity contribution in [3.05, 3.63) is 0 Å². The third-order valence-corrected chi connectivity index (χ3v) is 2.71. The van der Waals surface area contributed by atoms with Crippen molar-refractivity contribution in [2.75, 3.05) is 0 Å². The van der Waals surface area contributed by atoms with Crippen molar-refractivity contribution >= 4 is 65.7 Å². The Kier molecular flexibility index (Phi) is 3.39. The lowest BCUT2D eigenvalue weighted by Crippen LogP contribution is -2.26.